The first-order valence-electron chi connectivity index (χ1n) is 7.26. The molecule has 0 aliphatic carbocycles. The standard InChI is InChI=1S/C15H16F4N2O3/c16-14(17)15(18,19)8-20-12(23)10-5-3-7-21(10)13(24)9-4-1-2-6-11(9)22/h1-2,4,6,10,14,22H,3,5,7-8H2,(H,20,23). The summed E-state index contributed by atoms with van der Waals surface area (Å²) in [6, 6.07) is 4.69. The Hall–Kier alpha value is -2.32. The number of phenols is 1. The molecule has 1 aromatic carbocycles. The Morgan fingerprint density at radius 3 is 2.62 bits per heavy atom. The molecule has 0 bridgehead atoms. The largest absolute Gasteiger partial charge is 0.507 e. The maximum Gasteiger partial charge on any atom is 0.324 e. The van der Waals surface area contributed by atoms with Gasteiger partial charge >= 0.3 is 12.3 Å². The van der Waals surface area contributed by atoms with Gasteiger partial charge in [0.15, 0.2) is 0 Å². The first-order valence-corrected chi connectivity index (χ1v) is 7.26. The van der Waals surface area contributed by atoms with Gasteiger partial charge in [0.1, 0.15) is 11.8 Å². The lowest BCUT2D eigenvalue weighted by molar-refractivity contribution is -0.138. The molecule has 1 atom stereocenters. The van der Waals surface area contributed by atoms with Crippen LogP contribution >= 0.6 is 0 Å². The van der Waals surface area contributed by atoms with Crippen molar-refractivity contribution >= 4 is 11.8 Å². The summed E-state index contributed by atoms with van der Waals surface area (Å²) in [5, 5.41) is 11.5. The van der Waals surface area contributed by atoms with Crippen LogP contribution in [-0.2, 0) is 4.79 Å². The van der Waals surface area contributed by atoms with E-state index in [4.69, 9.17) is 0 Å². The number of carbonyl (C=O) groups excluding carboxylic acids is 2. The van der Waals surface area contributed by atoms with Crippen molar-refractivity contribution in [1.82, 2.24) is 10.2 Å². The summed E-state index contributed by atoms with van der Waals surface area (Å²) in [4.78, 5) is 25.6. The van der Waals surface area contributed by atoms with E-state index in [0.717, 1.165) is 4.90 Å². The van der Waals surface area contributed by atoms with Crippen LogP contribution in [0.2, 0.25) is 0 Å². The van der Waals surface area contributed by atoms with Gasteiger partial charge in [0.05, 0.1) is 12.1 Å². The molecule has 0 radical (unpaired) electrons. The van der Waals surface area contributed by atoms with Gasteiger partial charge in [0.25, 0.3) is 5.91 Å². The van der Waals surface area contributed by atoms with E-state index in [9.17, 15) is 32.3 Å². The molecule has 1 heterocycles. The van der Waals surface area contributed by atoms with E-state index in [0.29, 0.717) is 6.42 Å². The minimum absolute atomic E-state index is 0.0184. The highest BCUT2D eigenvalue weighted by Gasteiger charge is 2.42. The first kappa shape index (κ1) is 18.0. The Morgan fingerprint density at radius 2 is 2.00 bits per heavy atom. The Labute approximate surface area is 135 Å². The van der Waals surface area contributed by atoms with Crippen molar-refractivity contribution in [3.63, 3.8) is 0 Å². The maximum atomic E-state index is 12.9. The van der Waals surface area contributed by atoms with Crippen LogP contribution < -0.4 is 5.32 Å². The number of rotatable bonds is 5. The highest BCUT2D eigenvalue weighted by Crippen LogP contribution is 2.25. The molecule has 2 amide bonds. The van der Waals surface area contributed by atoms with Gasteiger partial charge in [-0.05, 0) is 25.0 Å². The molecule has 1 aromatic rings. The quantitative estimate of drug-likeness (QED) is 0.800. The number of hydrogen-bond donors (Lipinski definition) is 2. The fraction of sp³-hybridized carbons (Fsp3) is 0.467. The Kier molecular flexibility index (Phi) is 5.30. The zero-order chi connectivity index (χ0) is 17.9. The number of amides is 2. The summed E-state index contributed by atoms with van der Waals surface area (Å²) >= 11 is 0. The minimum atomic E-state index is -4.33. The fourth-order valence-electron chi connectivity index (χ4n) is 2.49. The number of halogens is 4. The average molecular weight is 348 g/mol. The van der Waals surface area contributed by atoms with Crippen LogP contribution in [0.25, 0.3) is 0 Å². The molecule has 1 aliphatic heterocycles. The molecule has 24 heavy (non-hydrogen) atoms. The van der Waals surface area contributed by atoms with E-state index in [1.54, 1.807) is 5.32 Å². The third-order valence-corrected chi connectivity index (χ3v) is 3.77. The summed E-state index contributed by atoms with van der Waals surface area (Å²) in [5.74, 6) is -6.14. The molecule has 2 N–H and O–H groups in total. The SMILES string of the molecule is O=C(NCC(F)(F)C(F)F)C1CCCN1C(=O)c1ccccc1O. The number of hydrogen-bond acceptors (Lipinski definition) is 3. The molecule has 0 saturated carbocycles. The molecular formula is C15H16F4N2O3. The van der Waals surface area contributed by atoms with Crippen LogP contribution in [0, 0.1) is 0 Å². The van der Waals surface area contributed by atoms with E-state index < -0.39 is 36.7 Å². The second kappa shape index (κ2) is 7.06. The number of likely N-dealkylation sites (tertiary alicyclic amines) is 1. The Bertz CT molecular complexity index is 624. The second-order valence-electron chi connectivity index (χ2n) is 5.45. The lowest BCUT2D eigenvalue weighted by Gasteiger charge is -2.25. The van der Waals surface area contributed by atoms with Crippen molar-refractivity contribution in [1.29, 1.82) is 0 Å². The maximum absolute atomic E-state index is 12.9. The number of carbonyl (C=O) groups is 2. The Balaban J connectivity index is 2.06. The molecule has 0 aromatic heterocycles. The number of para-hydroxylation sites is 1. The van der Waals surface area contributed by atoms with Crippen molar-refractivity contribution in [2.24, 2.45) is 0 Å². The molecule has 2 rings (SSSR count). The van der Waals surface area contributed by atoms with Gasteiger partial charge in [-0.2, -0.15) is 8.78 Å². The summed E-state index contributed by atoms with van der Waals surface area (Å²) in [7, 11) is 0. The predicted molar refractivity (Wildman–Crippen MR) is 76.1 cm³/mol. The molecule has 1 saturated heterocycles. The van der Waals surface area contributed by atoms with Crippen LogP contribution in [0.4, 0.5) is 17.6 Å². The number of alkyl halides is 4. The normalized spacial score (nSPS) is 18.0. The van der Waals surface area contributed by atoms with Gasteiger partial charge in [-0.25, -0.2) is 8.78 Å². The lowest BCUT2D eigenvalue weighted by atomic mass is 10.1. The smallest absolute Gasteiger partial charge is 0.324 e. The first-order chi connectivity index (χ1) is 11.2. The number of nitrogens with zero attached hydrogens (tertiary/aromatic N) is 1. The molecule has 0 spiro atoms. The highest BCUT2D eigenvalue weighted by molar-refractivity contribution is 5.99. The third kappa shape index (κ3) is 3.77. The van der Waals surface area contributed by atoms with Gasteiger partial charge in [0.2, 0.25) is 5.91 Å². The predicted octanol–water partition coefficient (Wildman–Crippen LogP) is 2.01. The van der Waals surface area contributed by atoms with Gasteiger partial charge in [-0.15, -0.1) is 0 Å². The van der Waals surface area contributed by atoms with E-state index in [1.807, 2.05) is 0 Å². The second-order valence-corrected chi connectivity index (χ2v) is 5.45. The fourth-order valence-corrected chi connectivity index (χ4v) is 2.49. The monoisotopic (exact) mass is 348 g/mol. The summed E-state index contributed by atoms with van der Waals surface area (Å²) in [6.45, 7) is -1.30. The van der Waals surface area contributed by atoms with Crippen LogP contribution in [0.5, 0.6) is 5.75 Å². The molecule has 1 unspecified atom stereocenters. The van der Waals surface area contributed by atoms with E-state index in [-0.39, 0.29) is 24.3 Å². The Morgan fingerprint density at radius 1 is 1.33 bits per heavy atom. The zero-order valence-corrected chi connectivity index (χ0v) is 12.5. The van der Waals surface area contributed by atoms with E-state index >= 15 is 0 Å². The van der Waals surface area contributed by atoms with Gasteiger partial charge in [0, 0.05) is 6.54 Å². The average Bonchev–Trinajstić information content (AvgIpc) is 3.02. The van der Waals surface area contributed by atoms with Gasteiger partial charge in [-0.1, -0.05) is 12.1 Å². The van der Waals surface area contributed by atoms with Crippen molar-refractivity contribution in [3.8, 4) is 5.75 Å². The van der Waals surface area contributed by atoms with Crippen LogP contribution in [0.1, 0.15) is 23.2 Å². The lowest BCUT2D eigenvalue weighted by Crippen LogP contribution is -2.49. The highest BCUT2D eigenvalue weighted by atomic mass is 19.3. The summed E-state index contributed by atoms with van der Waals surface area (Å²) < 4.78 is 50.0. The van der Waals surface area contributed by atoms with Gasteiger partial charge in [-0.3, -0.25) is 9.59 Å². The molecule has 1 fully saturated rings. The van der Waals surface area contributed by atoms with Crippen LogP contribution in [-0.4, -0.2) is 53.3 Å². The van der Waals surface area contributed by atoms with E-state index in [1.165, 1.54) is 24.3 Å². The van der Waals surface area contributed by atoms with Crippen LogP contribution in [0.3, 0.4) is 0 Å². The van der Waals surface area contributed by atoms with Crippen molar-refractivity contribution in [2.75, 3.05) is 13.1 Å². The van der Waals surface area contributed by atoms with Crippen LogP contribution in [0.15, 0.2) is 24.3 Å². The van der Waals surface area contributed by atoms with E-state index in [2.05, 4.69) is 0 Å². The molecule has 1 aliphatic rings. The molecular weight excluding hydrogens is 332 g/mol. The zero-order valence-electron chi connectivity index (χ0n) is 12.5. The number of nitrogens with one attached hydrogen (secondary N) is 1. The topological polar surface area (TPSA) is 69.6 Å². The summed E-state index contributed by atoms with van der Waals surface area (Å²) in [5.41, 5.74) is -0.0184. The van der Waals surface area contributed by atoms with Crippen molar-refractivity contribution in [3.05, 3.63) is 29.8 Å². The number of phenolic OH excluding ortho intramolecular Hbond substituents is 1. The van der Waals surface area contributed by atoms with Gasteiger partial charge < -0.3 is 15.3 Å². The molecule has 5 nitrogen and oxygen atoms in total. The molecule has 132 valence electrons. The third-order valence-electron chi connectivity index (χ3n) is 3.77. The number of benzene rings is 1. The van der Waals surface area contributed by atoms with Crippen molar-refractivity contribution in [2.45, 2.75) is 31.2 Å². The molecule has 9 heteroatoms. The van der Waals surface area contributed by atoms with Crippen molar-refractivity contribution < 1.29 is 32.3 Å². The minimum Gasteiger partial charge on any atom is -0.507 e. The summed E-state index contributed by atoms with van der Waals surface area (Å²) in [6.07, 6.45) is -3.20. The number of aromatic hydroxyl groups is 1.